The van der Waals surface area contributed by atoms with E-state index in [-0.39, 0.29) is 34.3 Å². The third-order valence-electron chi connectivity index (χ3n) is 4.85. The summed E-state index contributed by atoms with van der Waals surface area (Å²) in [7, 11) is 0. The van der Waals surface area contributed by atoms with Crippen LogP contribution in [-0.4, -0.2) is 23.0 Å². The van der Waals surface area contributed by atoms with Crippen LogP contribution in [0.2, 0.25) is 5.02 Å². The van der Waals surface area contributed by atoms with Gasteiger partial charge in [-0.05, 0) is 24.1 Å². The maximum Gasteiger partial charge on any atom is 0.251 e. The number of anilines is 1. The van der Waals surface area contributed by atoms with Gasteiger partial charge in [0.05, 0.1) is 35.8 Å². The van der Waals surface area contributed by atoms with Crippen molar-refractivity contribution >= 4 is 34.8 Å². The summed E-state index contributed by atoms with van der Waals surface area (Å²) >= 11 is 6.24. The summed E-state index contributed by atoms with van der Waals surface area (Å²) in [4.78, 5) is 27.9. The van der Waals surface area contributed by atoms with Crippen LogP contribution >= 0.6 is 11.6 Å². The van der Waals surface area contributed by atoms with Crippen LogP contribution in [0.25, 0.3) is 4.85 Å². The van der Waals surface area contributed by atoms with Gasteiger partial charge in [-0.3, -0.25) is 9.59 Å². The molecule has 1 aliphatic rings. The number of carbonyl (C=O) groups excluding carboxylic acids is 2. The molecule has 6 nitrogen and oxygen atoms in total. The number of hydrogen-bond donors (Lipinski definition) is 3. The summed E-state index contributed by atoms with van der Waals surface area (Å²) in [6.45, 7) is 9.07. The molecule has 1 aliphatic heterocycles. The molecule has 2 atom stereocenters. The van der Waals surface area contributed by atoms with Crippen molar-refractivity contribution in [1.82, 2.24) is 5.32 Å². The first-order valence-corrected chi connectivity index (χ1v) is 9.51. The minimum Gasteiger partial charge on any atom is -0.386 e. The van der Waals surface area contributed by atoms with E-state index in [2.05, 4.69) is 15.5 Å². The molecule has 0 unspecified atom stereocenters. The fraction of sp³-hybridized carbons (Fsp3) is 0.286. The molecule has 0 fully saturated rings. The van der Waals surface area contributed by atoms with Crippen molar-refractivity contribution < 1.29 is 19.1 Å². The standard InChI is InChI=1S/C21H19ClFN3O3/c1-3-5-16(20(28)12-6-4-7-15(24-2)18(12)22)25-21(29)11-8-9-14(23)19-13(11)10-17(27)26-19/h4,6-9,16,20,28H,3,5,10H2,1H3,(H,25,29)(H,26,27)/t16-,20+/m1/s1. The van der Waals surface area contributed by atoms with Crippen molar-refractivity contribution in [2.75, 3.05) is 5.32 Å². The summed E-state index contributed by atoms with van der Waals surface area (Å²) in [6, 6.07) is 6.54. The molecular formula is C21H19ClFN3O3. The molecular weight excluding hydrogens is 397 g/mol. The maximum absolute atomic E-state index is 13.9. The van der Waals surface area contributed by atoms with Crippen LogP contribution in [0.1, 0.15) is 47.4 Å². The normalized spacial score (nSPS) is 14.5. The zero-order chi connectivity index (χ0) is 21.1. The number of nitrogens with one attached hydrogen (secondary N) is 2. The van der Waals surface area contributed by atoms with Crippen LogP contribution in [0.15, 0.2) is 30.3 Å². The third-order valence-corrected chi connectivity index (χ3v) is 5.26. The molecule has 0 saturated carbocycles. The van der Waals surface area contributed by atoms with E-state index in [0.29, 0.717) is 24.0 Å². The Morgan fingerprint density at radius 1 is 1.41 bits per heavy atom. The van der Waals surface area contributed by atoms with Crippen LogP contribution in [0.4, 0.5) is 15.8 Å². The van der Waals surface area contributed by atoms with Crippen LogP contribution in [0, 0.1) is 12.4 Å². The predicted octanol–water partition coefficient (Wildman–Crippen LogP) is 4.16. The van der Waals surface area contributed by atoms with E-state index in [1.165, 1.54) is 6.07 Å². The Labute approximate surface area is 172 Å². The number of hydrogen-bond acceptors (Lipinski definition) is 3. The van der Waals surface area contributed by atoms with Gasteiger partial charge in [0.15, 0.2) is 0 Å². The summed E-state index contributed by atoms with van der Waals surface area (Å²) in [5.41, 5.74) is 1.05. The largest absolute Gasteiger partial charge is 0.386 e. The number of aliphatic hydroxyl groups excluding tert-OH is 1. The first kappa shape index (κ1) is 20.8. The second-order valence-corrected chi connectivity index (χ2v) is 7.16. The van der Waals surface area contributed by atoms with Crippen LogP contribution in [-0.2, 0) is 11.2 Å². The highest BCUT2D eigenvalue weighted by molar-refractivity contribution is 6.34. The maximum atomic E-state index is 13.9. The van der Waals surface area contributed by atoms with Crippen LogP contribution < -0.4 is 10.6 Å². The molecule has 150 valence electrons. The molecule has 2 aromatic carbocycles. The lowest BCUT2D eigenvalue weighted by Gasteiger charge is -2.25. The first-order chi connectivity index (χ1) is 13.9. The van der Waals surface area contributed by atoms with Gasteiger partial charge < -0.3 is 15.7 Å². The van der Waals surface area contributed by atoms with E-state index >= 15 is 0 Å². The topological polar surface area (TPSA) is 82.8 Å². The minimum atomic E-state index is -1.14. The lowest BCUT2D eigenvalue weighted by atomic mass is 9.96. The summed E-state index contributed by atoms with van der Waals surface area (Å²) in [6.07, 6.45) is -0.104. The Hall–Kier alpha value is -2.95. The molecule has 8 heteroatoms. The van der Waals surface area contributed by atoms with Crippen LogP contribution in [0.5, 0.6) is 0 Å². The fourth-order valence-electron chi connectivity index (χ4n) is 3.43. The molecule has 0 aromatic heterocycles. The number of amides is 2. The molecule has 0 bridgehead atoms. The van der Waals surface area contributed by atoms with Gasteiger partial charge in [-0.2, -0.15) is 0 Å². The van der Waals surface area contributed by atoms with Crippen molar-refractivity contribution in [3.05, 3.63) is 69.3 Å². The van der Waals surface area contributed by atoms with E-state index in [4.69, 9.17) is 18.2 Å². The molecule has 0 aliphatic carbocycles. The van der Waals surface area contributed by atoms with Gasteiger partial charge in [0.1, 0.15) is 5.82 Å². The molecule has 1 heterocycles. The minimum absolute atomic E-state index is 0.0167. The van der Waals surface area contributed by atoms with Gasteiger partial charge in [0.25, 0.3) is 5.91 Å². The van der Waals surface area contributed by atoms with Crippen molar-refractivity contribution in [2.24, 2.45) is 0 Å². The highest BCUT2D eigenvalue weighted by Crippen LogP contribution is 2.35. The predicted molar refractivity (Wildman–Crippen MR) is 108 cm³/mol. The monoisotopic (exact) mass is 415 g/mol. The van der Waals surface area contributed by atoms with Crippen LogP contribution in [0.3, 0.4) is 0 Å². The smallest absolute Gasteiger partial charge is 0.251 e. The number of benzene rings is 2. The second-order valence-electron chi connectivity index (χ2n) is 6.78. The molecule has 29 heavy (non-hydrogen) atoms. The summed E-state index contributed by atoms with van der Waals surface area (Å²) in [5, 5.41) is 16.2. The number of nitrogens with zero attached hydrogens (tertiary/aromatic N) is 1. The highest BCUT2D eigenvalue weighted by atomic mass is 35.5. The van der Waals surface area contributed by atoms with Gasteiger partial charge in [-0.1, -0.05) is 43.1 Å². The first-order valence-electron chi connectivity index (χ1n) is 9.13. The number of aliphatic hydroxyl groups is 1. The number of halogens is 2. The van der Waals surface area contributed by atoms with Gasteiger partial charge in [-0.25, -0.2) is 9.24 Å². The Balaban J connectivity index is 1.89. The van der Waals surface area contributed by atoms with Crippen molar-refractivity contribution in [3.8, 4) is 0 Å². The Bertz CT molecular complexity index is 1020. The Kier molecular flexibility index (Phi) is 6.16. The molecule has 0 saturated heterocycles. The number of rotatable bonds is 6. The Morgan fingerprint density at radius 3 is 2.86 bits per heavy atom. The van der Waals surface area contributed by atoms with Crippen molar-refractivity contribution in [2.45, 2.75) is 38.3 Å². The lowest BCUT2D eigenvalue weighted by molar-refractivity contribution is -0.115. The molecule has 3 N–H and O–H groups in total. The SMILES string of the molecule is [C-]#[N+]c1cccc([C@H](O)[C@@H](CCC)NC(=O)c2ccc(F)c3c2CC(=O)N3)c1Cl. The van der Waals surface area contributed by atoms with E-state index in [1.807, 2.05) is 6.92 Å². The number of fused-ring (bicyclic) bond motifs is 1. The zero-order valence-electron chi connectivity index (χ0n) is 15.6. The quantitative estimate of drug-likeness (QED) is 0.619. The second kappa shape index (κ2) is 8.60. The van der Waals surface area contributed by atoms with Gasteiger partial charge >= 0.3 is 0 Å². The number of carbonyl (C=O) groups is 2. The molecule has 0 radical (unpaired) electrons. The van der Waals surface area contributed by atoms with E-state index in [1.54, 1.807) is 18.2 Å². The third kappa shape index (κ3) is 4.09. The van der Waals surface area contributed by atoms with Gasteiger partial charge in [-0.15, -0.1) is 0 Å². The average molecular weight is 416 g/mol. The lowest BCUT2D eigenvalue weighted by Crippen LogP contribution is -2.39. The summed E-state index contributed by atoms with van der Waals surface area (Å²) in [5.74, 6) is -1.50. The van der Waals surface area contributed by atoms with Crippen molar-refractivity contribution in [3.63, 3.8) is 0 Å². The van der Waals surface area contributed by atoms with Gasteiger partial charge in [0.2, 0.25) is 11.6 Å². The van der Waals surface area contributed by atoms with E-state index in [0.717, 1.165) is 6.07 Å². The van der Waals surface area contributed by atoms with E-state index < -0.39 is 23.9 Å². The highest BCUT2D eigenvalue weighted by Gasteiger charge is 2.30. The Morgan fingerprint density at radius 2 is 2.17 bits per heavy atom. The average Bonchev–Trinajstić information content (AvgIpc) is 3.09. The summed E-state index contributed by atoms with van der Waals surface area (Å²) < 4.78 is 13.9. The zero-order valence-corrected chi connectivity index (χ0v) is 16.4. The fourth-order valence-corrected chi connectivity index (χ4v) is 3.71. The molecule has 2 amide bonds. The van der Waals surface area contributed by atoms with Crippen molar-refractivity contribution in [1.29, 1.82) is 0 Å². The van der Waals surface area contributed by atoms with E-state index in [9.17, 15) is 19.1 Å². The molecule has 3 rings (SSSR count). The molecule has 0 spiro atoms. The molecule has 2 aromatic rings. The van der Waals surface area contributed by atoms with Gasteiger partial charge in [0, 0.05) is 11.1 Å².